The van der Waals surface area contributed by atoms with Crippen LogP contribution in [0.1, 0.15) is 119 Å². The van der Waals surface area contributed by atoms with Gasteiger partial charge in [-0.05, 0) is 134 Å². The van der Waals surface area contributed by atoms with Gasteiger partial charge in [0.25, 0.3) is 0 Å². The minimum atomic E-state index is -3.70. The summed E-state index contributed by atoms with van der Waals surface area (Å²) in [4.78, 5) is 0.329. The molecule has 0 spiro atoms. The standard InChI is InChI=1S/C50H86O8S3Si2/c1-16-37-18-22-41(23-19-37)61(51,52)33-42-45(57-46(48(42)53-11)30-40(58-63(14,15)50(8,9)10)32-54-62(12,13)49(5,6)7)31-44-36(4)34(2)28-38(56-44)20-24-43-35(3)29-39(55-43)21-25-47-59-26-17-27-60-47/h18-19,22-23,34,38-40,42-48H,3-4,16-17,20-21,24-33H2,1-2,5-15H3/t34-,38-,39-,40-,42-,43-,44+,45-,46+,48+/m0/s1. The van der Waals surface area contributed by atoms with Crippen molar-refractivity contribution in [3.05, 3.63) is 54.1 Å². The summed E-state index contributed by atoms with van der Waals surface area (Å²) in [5.41, 5.74) is 3.36. The predicted molar refractivity (Wildman–Crippen MR) is 271 cm³/mol. The van der Waals surface area contributed by atoms with Crippen molar-refractivity contribution in [2.45, 2.75) is 214 Å². The zero-order valence-electron chi connectivity index (χ0n) is 41.5. The van der Waals surface area contributed by atoms with Crippen LogP contribution in [0.15, 0.2) is 53.5 Å². The van der Waals surface area contributed by atoms with Gasteiger partial charge in [0.1, 0.15) is 0 Å². The zero-order valence-corrected chi connectivity index (χ0v) is 45.9. The van der Waals surface area contributed by atoms with E-state index in [4.69, 9.17) is 27.8 Å². The van der Waals surface area contributed by atoms with Crippen LogP contribution in [-0.4, -0.2) is 109 Å². The van der Waals surface area contributed by atoms with Gasteiger partial charge in [0.2, 0.25) is 0 Å². The number of methoxy groups -OCH3 is 1. The highest BCUT2D eigenvalue weighted by Crippen LogP contribution is 2.44. The monoisotopic (exact) mass is 967 g/mol. The lowest BCUT2D eigenvalue weighted by Gasteiger charge is -2.42. The Kier molecular flexibility index (Phi) is 19.0. The summed E-state index contributed by atoms with van der Waals surface area (Å²) in [5, 5.41) is 0.0294. The maximum absolute atomic E-state index is 14.4. The van der Waals surface area contributed by atoms with Crippen molar-refractivity contribution >= 4 is 50.0 Å². The molecule has 0 amide bonds. The van der Waals surface area contributed by atoms with Crippen molar-refractivity contribution in [3.63, 3.8) is 0 Å². The SMILES string of the molecule is C=C1C[C@H](CCC2SCCCS2)O[C@H]1CC[C@H]1C[C@H](C)C(=C)[C@@H](C[C@@H]2O[C@H](C[C@@H](CO[Si](C)(C)C(C)(C)C)O[Si](C)(C)C(C)(C)C)[C@H](OC)[C@H]2CS(=O)(=O)c2ccc(CC)cc2)O1. The second-order valence-electron chi connectivity index (χ2n) is 22.1. The Morgan fingerprint density at radius 1 is 0.841 bits per heavy atom. The van der Waals surface area contributed by atoms with Crippen molar-refractivity contribution in [2.75, 3.05) is 31.0 Å². The third-order valence-corrected chi connectivity index (χ3v) is 29.3. The third kappa shape index (κ3) is 14.3. The van der Waals surface area contributed by atoms with Crippen molar-refractivity contribution in [1.82, 2.24) is 0 Å². The molecule has 4 aliphatic heterocycles. The van der Waals surface area contributed by atoms with E-state index in [1.807, 2.05) is 12.1 Å². The molecule has 4 heterocycles. The van der Waals surface area contributed by atoms with E-state index in [-0.39, 0.29) is 52.3 Å². The summed E-state index contributed by atoms with van der Waals surface area (Å²) in [7, 11) is -6.36. The van der Waals surface area contributed by atoms with E-state index in [2.05, 4.69) is 118 Å². The minimum absolute atomic E-state index is 0.0103. The fourth-order valence-electron chi connectivity index (χ4n) is 9.09. The molecule has 0 N–H and O–H groups in total. The molecule has 0 aliphatic carbocycles. The van der Waals surface area contributed by atoms with Gasteiger partial charge in [-0.1, -0.05) is 80.7 Å². The molecule has 0 bridgehead atoms. The number of rotatable bonds is 20. The average molecular weight is 968 g/mol. The molecule has 4 saturated heterocycles. The van der Waals surface area contributed by atoms with Crippen LogP contribution in [0.25, 0.3) is 0 Å². The molecule has 4 fully saturated rings. The molecule has 63 heavy (non-hydrogen) atoms. The number of aryl methyl sites for hydroxylation is 1. The highest BCUT2D eigenvalue weighted by Gasteiger charge is 2.50. The van der Waals surface area contributed by atoms with Crippen molar-refractivity contribution in [2.24, 2.45) is 11.8 Å². The Labute approximate surface area is 395 Å². The molecule has 0 aromatic heterocycles. The van der Waals surface area contributed by atoms with Crippen LogP contribution < -0.4 is 0 Å². The first-order valence-electron chi connectivity index (χ1n) is 24.1. The molecule has 1 aromatic rings. The lowest BCUT2D eigenvalue weighted by atomic mass is 9.83. The smallest absolute Gasteiger partial charge is 0.192 e. The minimum Gasteiger partial charge on any atom is -0.414 e. The third-order valence-electron chi connectivity index (χ3n) is 15.3. The zero-order chi connectivity index (χ0) is 46.5. The number of ether oxygens (including phenoxy) is 4. The Balaban J connectivity index is 1.35. The Bertz CT molecular complexity index is 1750. The average Bonchev–Trinajstić information content (AvgIpc) is 3.73. The molecule has 360 valence electrons. The lowest BCUT2D eigenvalue weighted by molar-refractivity contribution is -0.0782. The van der Waals surface area contributed by atoms with Gasteiger partial charge < -0.3 is 27.8 Å². The largest absolute Gasteiger partial charge is 0.414 e. The van der Waals surface area contributed by atoms with Crippen LogP contribution in [-0.2, 0) is 44.1 Å². The Morgan fingerprint density at radius 2 is 1.46 bits per heavy atom. The Hall–Kier alpha value is -0.456. The van der Waals surface area contributed by atoms with Crippen molar-refractivity contribution < 1.29 is 36.2 Å². The molecule has 0 radical (unpaired) electrons. The summed E-state index contributed by atoms with van der Waals surface area (Å²) in [5.74, 6) is 2.28. The number of hydrogen-bond acceptors (Lipinski definition) is 10. The van der Waals surface area contributed by atoms with Crippen LogP contribution in [0.5, 0.6) is 0 Å². The molecule has 10 atom stereocenters. The molecule has 5 rings (SSSR count). The first kappa shape index (κ1) is 53.5. The highest BCUT2D eigenvalue weighted by molar-refractivity contribution is 8.17. The van der Waals surface area contributed by atoms with Crippen LogP contribution in [0.4, 0.5) is 0 Å². The quantitative estimate of drug-likeness (QED) is 0.0930. The van der Waals surface area contributed by atoms with Gasteiger partial charge in [-0.25, -0.2) is 8.42 Å². The molecule has 4 aliphatic rings. The number of thioether (sulfide) groups is 2. The van der Waals surface area contributed by atoms with E-state index in [1.54, 1.807) is 19.2 Å². The van der Waals surface area contributed by atoms with Crippen LogP contribution in [0.3, 0.4) is 0 Å². The summed E-state index contributed by atoms with van der Waals surface area (Å²) in [6.45, 7) is 36.5. The molecule has 13 heteroatoms. The van der Waals surface area contributed by atoms with Gasteiger partial charge in [-0.15, -0.1) is 23.5 Å². The summed E-state index contributed by atoms with van der Waals surface area (Å²) in [6.07, 6.45) is 7.62. The molecule has 1 aromatic carbocycles. The highest BCUT2D eigenvalue weighted by atomic mass is 32.2. The topological polar surface area (TPSA) is 89.5 Å². The van der Waals surface area contributed by atoms with Crippen molar-refractivity contribution in [3.8, 4) is 0 Å². The number of benzene rings is 1. The normalized spacial score (nSPS) is 30.0. The summed E-state index contributed by atoms with van der Waals surface area (Å²) in [6, 6.07) is 7.33. The van der Waals surface area contributed by atoms with E-state index < -0.39 is 50.7 Å². The second-order valence-corrected chi connectivity index (χ2v) is 36.7. The van der Waals surface area contributed by atoms with Gasteiger partial charge in [-0.3, -0.25) is 0 Å². The van der Waals surface area contributed by atoms with Crippen molar-refractivity contribution in [1.29, 1.82) is 0 Å². The van der Waals surface area contributed by atoms with E-state index in [9.17, 15) is 8.42 Å². The van der Waals surface area contributed by atoms with Crippen LogP contribution >= 0.6 is 23.5 Å². The summed E-state index contributed by atoms with van der Waals surface area (Å²) < 4.78 is 70.5. The van der Waals surface area contributed by atoms with Gasteiger partial charge >= 0.3 is 0 Å². The van der Waals surface area contributed by atoms with E-state index in [0.717, 1.165) is 49.7 Å². The fraction of sp³-hybridized carbons (Fsp3) is 0.800. The number of sulfone groups is 1. The van der Waals surface area contributed by atoms with Gasteiger partial charge in [0.15, 0.2) is 26.5 Å². The first-order valence-corrected chi connectivity index (χ1v) is 33.6. The Morgan fingerprint density at radius 3 is 2.06 bits per heavy atom. The van der Waals surface area contributed by atoms with E-state index in [0.29, 0.717) is 28.9 Å². The summed E-state index contributed by atoms with van der Waals surface area (Å²) >= 11 is 4.22. The molecular weight excluding hydrogens is 881 g/mol. The molecule has 0 saturated carbocycles. The molecular formula is C50H86O8S3Si2. The van der Waals surface area contributed by atoms with Crippen LogP contribution in [0.2, 0.25) is 36.3 Å². The number of hydrogen-bond donors (Lipinski definition) is 0. The van der Waals surface area contributed by atoms with Crippen LogP contribution in [0, 0.1) is 11.8 Å². The maximum atomic E-state index is 14.4. The fourth-order valence-corrected chi connectivity index (χ4v) is 16.0. The second kappa shape index (κ2) is 22.3. The first-order chi connectivity index (χ1) is 29.3. The van der Waals surface area contributed by atoms with Gasteiger partial charge in [-0.2, -0.15) is 0 Å². The molecule has 8 nitrogen and oxygen atoms in total. The predicted octanol–water partition coefficient (Wildman–Crippen LogP) is 12.4. The lowest BCUT2D eigenvalue weighted by Crippen LogP contribution is -2.49. The van der Waals surface area contributed by atoms with E-state index >= 15 is 0 Å². The van der Waals surface area contributed by atoms with Gasteiger partial charge in [0.05, 0.1) is 70.7 Å². The molecule has 0 unspecified atom stereocenters. The van der Waals surface area contributed by atoms with E-state index in [1.165, 1.54) is 29.9 Å². The maximum Gasteiger partial charge on any atom is 0.192 e. The van der Waals surface area contributed by atoms with Gasteiger partial charge in [0, 0.05) is 25.9 Å².